The van der Waals surface area contributed by atoms with Crippen LogP contribution in [0.2, 0.25) is 5.02 Å². The molecule has 2 aliphatic rings. The van der Waals surface area contributed by atoms with Crippen LogP contribution in [0.5, 0.6) is 0 Å². The number of anilines is 2. The summed E-state index contributed by atoms with van der Waals surface area (Å²) >= 11 is 8.37. The fraction of sp³-hybridized carbons (Fsp3) is 0.643. The van der Waals surface area contributed by atoms with Gasteiger partial charge in [-0.25, -0.2) is 17.9 Å². The molecule has 67 heavy (non-hydrogen) atoms. The van der Waals surface area contributed by atoms with E-state index in [1.807, 2.05) is 19.2 Å². The second kappa shape index (κ2) is 27.1. The highest BCUT2D eigenvalue weighted by Gasteiger charge is 2.33. The number of piperidine rings is 1. The van der Waals surface area contributed by atoms with Gasteiger partial charge in [0.05, 0.1) is 80.1 Å². The number of fused-ring (bicyclic) bond motifs is 1. The van der Waals surface area contributed by atoms with Crippen molar-refractivity contribution in [2.45, 2.75) is 76.4 Å². The number of halogens is 2. The van der Waals surface area contributed by atoms with Crippen LogP contribution in [-0.2, 0) is 48.7 Å². The molecule has 4 heterocycles. The van der Waals surface area contributed by atoms with Gasteiger partial charge in [0.25, 0.3) is 16.0 Å². The minimum atomic E-state index is -4.56. The number of carbonyl (C=O) groups is 3. The van der Waals surface area contributed by atoms with Crippen molar-refractivity contribution in [1.82, 2.24) is 35.4 Å². The van der Waals surface area contributed by atoms with Gasteiger partial charge < -0.3 is 44.7 Å². The van der Waals surface area contributed by atoms with Crippen molar-refractivity contribution >= 4 is 89.2 Å². The zero-order valence-electron chi connectivity index (χ0n) is 37.9. The molecule has 0 saturated carbocycles. The van der Waals surface area contributed by atoms with Gasteiger partial charge in [0.2, 0.25) is 21.8 Å². The molecular formula is C42H63ClIN9O12S2. The fourth-order valence-corrected chi connectivity index (χ4v) is 9.59. The normalized spacial score (nSPS) is 17.2. The van der Waals surface area contributed by atoms with Gasteiger partial charge in [-0.2, -0.15) is 13.5 Å². The van der Waals surface area contributed by atoms with Crippen LogP contribution in [0.1, 0.15) is 79.0 Å². The summed E-state index contributed by atoms with van der Waals surface area (Å²) in [6.45, 7) is 7.35. The average molecular weight is 1110 g/mol. The van der Waals surface area contributed by atoms with Gasteiger partial charge >= 0.3 is 0 Å². The van der Waals surface area contributed by atoms with Crippen molar-refractivity contribution in [1.29, 1.82) is 0 Å². The lowest BCUT2D eigenvalue weighted by atomic mass is 9.98. The lowest BCUT2D eigenvalue weighted by molar-refractivity contribution is -0.128. The molecule has 5 N–H and O–H groups in total. The molecule has 2 aliphatic heterocycles. The summed E-state index contributed by atoms with van der Waals surface area (Å²) in [6, 6.07) is 4.82. The minimum Gasteiger partial charge on any atom is -0.377 e. The second-order valence-corrected chi connectivity index (χ2v) is 20.7. The Labute approximate surface area is 411 Å². The first-order valence-electron chi connectivity index (χ1n) is 22.3. The number of alkyl halides is 1. The number of unbranched alkanes of at least 4 members (excludes halogenated alkanes) is 2. The molecule has 1 aromatic carbocycles. The molecule has 0 unspecified atom stereocenters. The van der Waals surface area contributed by atoms with E-state index in [2.05, 4.69) is 48.2 Å². The van der Waals surface area contributed by atoms with Gasteiger partial charge in [-0.1, -0.05) is 40.6 Å². The van der Waals surface area contributed by atoms with E-state index in [0.717, 1.165) is 69.4 Å². The molecule has 0 spiro atoms. The minimum absolute atomic E-state index is 0.0640. The van der Waals surface area contributed by atoms with Gasteiger partial charge in [-0.05, 0) is 70.2 Å². The van der Waals surface area contributed by atoms with Gasteiger partial charge in [0.1, 0.15) is 17.6 Å². The first kappa shape index (κ1) is 54.5. The summed E-state index contributed by atoms with van der Waals surface area (Å²) in [7, 11) is -8.21. The number of carbonyl (C=O) groups excluding carboxylic acids is 3. The number of hydrogen-bond donors (Lipinski definition) is 5. The fourth-order valence-electron chi connectivity index (χ4n) is 7.88. The maximum absolute atomic E-state index is 14.0. The van der Waals surface area contributed by atoms with Crippen molar-refractivity contribution < 1.29 is 54.7 Å². The van der Waals surface area contributed by atoms with Crippen LogP contribution >= 0.6 is 34.2 Å². The number of hydrogen-bond acceptors (Lipinski definition) is 15. The SMILES string of the molecule is Cc1cn2nc([C@@H]3CCCCN3C(=O)c3cc(Cl)ccc3NS(C)(=O)=O)cc2nc1N1CC[C@H](NCCCCCC(=O)N[C@@H](CS(=O)(=O)O)C(=O)NCCOCCOCCOCCOCI)C1. The summed E-state index contributed by atoms with van der Waals surface area (Å²) in [6.07, 6.45) is 8.36. The summed E-state index contributed by atoms with van der Waals surface area (Å²) in [5.74, 6) is -1.69. The Hall–Kier alpha value is -3.47. The molecule has 2 fully saturated rings. The smallest absolute Gasteiger partial charge is 0.267 e. The topological polar surface area (TPSA) is 261 Å². The Morgan fingerprint density at radius 3 is 2.34 bits per heavy atom. The molecule has 2 saturated heterocycles. The van der Waals surface area contributed by atoms with Crippen molar-refractivity contribution in [3.8, 4) is 0 Å². The van der Waals surface area contributed by atoms with Gasteiger partial charge in [0, 0.05) is 61.5 Å². The summed E-state index contributed by atoms with van der Waals surface area (Å²) in [4.78, 5) is 48.4. The highest BCUT2D eigenvalue weighted by Crippen LogP contribution is 2.34. The van der Waals surface area contributed by atoms with Gasteiger partial charge in [-0.15, -0.1) is 0 Å². The molecule has 3 aromatic rings. The van der Waals surface area contributed by atoms with E-state index < -0.39 is 43.8 Å². The molecule has 0 bridgehead atoms. The maximum Gasteiger partial charge on any atom is 0.267 e. The number of sulfonamides is 1. The average Bonchev–Trinajstić information content (AvgIpc) is 3.92. The molecular weight excluding hydrogens is 1050 g/mol. The third-order valence-corrected chi connectivity index (χ3v) is 13.0. The number of nitrogens with zero attached hydrogens (tertiary/aromatic N) is 5. The molecule has 21 nitrogen and oxygen atoms in total. The van der Waals surface area contributed by atoms with E-state index in [1.165, 1.54) is 18.2 Å². The number of ether oxygens (including phenoxy) is 4. The van der Waals surface area contributed by atoms with E-state index in [-0.39, 0.29) is 55.4 Å². The summed E-state index contributed by atoms with van der Waals surface area (Å²) in [5, 5.41) is 13.7. The Bertz CT molecular complexity index is 2330. The maximum atomic E-state index is 14.0. The van der Waals surface area contributed by atoms with Crippen LogP contribution in [0.15, 0.2) is 30.5 Å². The van der Waals surface area contributed by atoms with Crippen molar-refractivity contribution in [3.63, 3.8) is 0 Å². The number of amides is 3. The molecule has 25 heteroatoms. The molecule has 3 atom stereocenters. The van der Waals surface area contributed by atoms with E-state index in [4.69, 9.17) is 40.6 Å². The van der Waals surface area contributed by atoms with Crippen molar-refractivity contribution in [3.05, 3.63) is 52.3 Å². The zero-order valence-corrected chi connectivity index (χ0v) is 42.5. The largest absolute Gasteiger partial charge is 0.377 e. The van der Waals surface area contributed by atoms with Crippen molar-refractivity contribution in [2.75, 3.05) is 105 Å². The van der Waals surface area contributed by atoms with Crippen LogP contribution < -0.4 is 25.6 Å². The molecule has 3 amide bonds. The summed E-state index contributed by atoms with van der Waals surface area (Å²) < 4.78 is 82.9. The lowest BCUT2D eigenvalue weighted by Gasteiger charge is -2.35. The van der Waals surface area contributed by atoms with Crippen molar-refractivity contribution in [2.24, 2.45) is 0 Å². The quantitative estimate of drug-likeness (QED) is 0.0290. The first-order chi connectivity index (χ1) is 32.0. The van der Waals surface area contributed by atoms with Gasteiger partial charge in [-0.3, -0.25) is 23.7 Å². The lowest BCUT2D eigenvalue weighted by Crippen LogP contribution is -2.50. The number of aromatic nitrogens is 3. The van der Waals surface area contributed by atoms with Crippen LogP contribution in [0.4, 0.5) is 11.5 Å². The number of likely N-dealkylation sites (tertiary alicyclic amines) is 1. The Kier molecular flexibility index (Phi) is 22.0. The number of benzene rings is 1. The van der Waals surface area contributed by atoms with E-state index >= 15 is 0 Å². The number of aryl methyl sites for hydroxylation is 1. The van der Waals surface area contributed by atoms with E-state index in [0.29, 0.717) is 73.4 Å². The van der Waals surface area contributed by atoms with Crippen LogP contribution in [0, 0.1) is 6.92 Å². The van der Waals surface area contributed by atoms with E-state index in [9.17, 15) is 35.8 Å². The monoisotopic (exact) mass is 1110 g/mol. The van der Waals surface area contributed by atoms with Crippen LogP contribution in [0.3, 0.4) is 0 Å². The van der Waals surface area contributed by atoms with E-state index in [1.54, 1.807) is 9.42 Å². The molecule has 5 rings (SSSR count). The molecule has 2 aromatic heterocycles. The predicted octanol–water partition coefficient (Wildman–Crippen LogP) is 3.11. The third kappa shape index (κ3) is 18.4. The van der Waals surface area contributed by atoms with Crippen LogP contribution in [-0.4, -0.2) is 166 Å². The standard InChI is InChI=1S/C42H63ClIN9O12S2/c1-30-26-53-38(25-35(49-53)37-8-5-7-15-52(37)42(56)33-24-31(43)10-11-34(33)50-66(2,57)58)48-40(30)51-16-12-32(27-51)45-13-6-3-4-9-39(54)47-36(28-67(59,60)61)41(55)46-14-17-62-18-19-63-20-21-64-22-23-65-29-44/h10-11,24-26,32,36-37,45,50H,3-9,12-23,27-29H2,1-2H3,(H,46,55)(H,47,54)(H,59,60,61)/t32-,36-,37-/m0/s1. The number of nitrogens with one attached hydrogen (secondary N) is 4. The molecule has 0 aliphatic carbocycles. The van der Waals surface area contributed by atoms with Crippen LogP contribution in [0.25, 0.3) is 5.65 Å². The number of rotatable bonds is 29. The Morgan fingerprint density at radius 2 is 1.64 bits per heavy atom. The second-order valence-electron chi connectivity index (χ2n) is 16.4. The molecule has 0 radical (unpaired) electrons. The first-order valence-corrected chi connectivity index (χ1v) is 27.7. The third-order valence-electron chi connectivity index (χ3n) is 11.0. The highest BCUT2D eigenvalue weighted by molar-refractivity contribution is 14.1. The van der Waals surface area contributed by atoms with Gasteiger partial charge in [0.15, 0.2) is 5.65 Å². The highest BCUT2D eigenvalue weighted by atomic mass is 127. The molecule has 374 valence electrons. The Balaban J connectivity index is 1.02. The zero-order chi connectivity index (χ0) is 48.4. The predicted molar refractivity (Wildman–Crippen MR) is 261 cm³/mol. The Morgan fingerprint density at radius 1 is 0.925 bits per heavy atom. The summed E-state index contributed by atoms with van der Waals surface area (Å²) in [5.41, 5.74) is 2.62.